The fourth-order valence-corrected chi connectivity index (χ4v) is 3.30. The third kappa shape index (κ3) is 7.15. The molecule has 0 aliphatic carbocycles. The highest BCUT2D eigenvalue weighted by atomic mass is 35.5. The van der Waals surface area contributed by atoms with Gasteiger partial charge in [0.05, 0.1) is 11.4 Å². The number of benzene rings is 3. The van der Waals surface area contributed by atoms with Crippen LogP contribution in [0, 0.1) is 0 Å². The average Bonchev–Trinajstić information content (AvgIpc) is 2.73. The number of carboxylic acids is 1. The Hall–Kier alpha value is -3.72. The number of hydrogen-bond donors (Lipinski definition) is 3. The third-order valence-electron chi connectivity index (χ3n) is 4.46. The number of hydrogen-bond acceptors (Lipinski definition) is 3. The van der Waals surface area contributed by atoms with Crippen LogP contribution in [0.4, 0.5) is 23.7 Å². The fraction of sp³-hybridized carbons (Fsp3) is 0.130. The Bertz CT molecular complexity index is 1150. The maximum atomic E-state index is 12.7. The molecule has 0 aromatic heterocycles. The molecule has 0 saturated heterocycles. The Morgan fingerprint density at radius 2 is 1.61 bits per heavy atom. The summed E-state index contributed by atoms with van der Waals surface area (Å²) in [7, 11) is 0. The molecular weight excluding hydrogens is 461 g/mol. The highest BCUT2D eigenvalue weighted by Crippen LogP contribution is 2.38. The van der Waals surface area contributed by atoms with Gasteiger partial charge in [0.15, 0.2) is 0 Å². The summed E-state index contributed by atoms with van der Waals surface area (Å²) in [6, 6.07) is 16.3. The van der Waals surface area contributed by atoms with Gasteiger partial charge in [-0.05, 0) is 29.3 Å². The van der Waals surface area contributed by atoms with Gasteiger partial charge in [0, 0.05) is 23.4 Å². The molecule has 2 amide bonds. The SMILES string of the molecule is O=C(O)Cc1ccc(CNC(=O)Nc2ccc(-c3ccccc3OC(F)(F)F)c(Cl)c2)cc1. The molecular formula is C23H18ClF3N2O4. The van der Waals surface area contributed by atoms with Gasteiger partial charge in [0.25, 0.3) is 0 Å². The van der Waals surface area contributed by atoms with Gasteiger partial charge in [-0.25, -0.2) is 4.79 Å². The van der Waals surface area contributed by atoms with E-state index >= 15 is 0 Å². The maximum Gasteiger partial charge on any atom is 0.573 e. The average molecular weight is 479 g/mol. The molecule has 6 nitrogen and oxygen atoms in total. The number of urea groups is 1. The first kappa shape index (κ1) is 23.9. The van der Waals surface area contributed by atoms with Crippen LogP contribution in [0.3, 0.4) is 0 Å². The predicted octanol–water partition coefficient (Wildman–Crippen LogP) is 5.85. The van der Waals surface area contributed by atoms with Crippen LogP contribution in [0.2, 0.25) is 5.02 Å². The Kier molecular flexibility index (Phi) is 7.44. The van der Waals surface area contributed by atoms with Crippen LogP contribution in [0.1, 0.15) is 11.1 Å². The molecule has 0 spiro atoms. The van der Waals surface area contributed by atoms with E-state index in [0.717, 1.165) is 5.56 Å². The van der Waals surface area contributed by atoms with Crippen molar-refractivity contribution in [1.29, 1.82) is 0 Å². The van der Waals surface area contributed by atoms with Gasteiger partial charge >= 0.3 is 18.4 Å². The summed E-state index contributed by atoms with van der Waals surface area (Å²) in [4.78, 5) is 22.9. The molecule has 0 aliphatic rings. The normalized spacial score (nSPS) is 11.0. The van der Waals surface area contributed by atoms with Crippen LogP contribution >= 0.6 is 11.6 Å². The van der Waals surface area contributed by atoms with Crippen LogP contribution in [0.15, 0.2) is 66.7 Å². The molecule has 0 saturated carbocycles. The molecule has 0 fully saturated rings. The summed E-state index contributed by atoms with van der Waals surface area (Å²) in [5.74, 6) is -1.32. The Balaban J connectivity index is 1.64. The summed E-state index contributed by atoms with van der Waals surface area (Å²) >= 11 is 6.26. The van der Waals surface area contributed by atoms with Gasteiger partial charge in [-0.3, -0.25) is 4.79 Å². The van der Waals surface area contributed by atoms with Crippen molar-refractivity contribution in [3.05, 3.63) is 82.9 Å². The number of carbonyl (C=O) groups excluding carboxylic acids is 1. The number of anilines is 1. The molecule has 0 unspecified atom stereocenters. The van der Waals surface area contributed by atoms with Crippen LogP contribution < -0.4 is 15.4 Å². The van der Waals surface area contributed by atoms with Gasteiger partial charge in [0.1, 0.15) is 5.75 Å². The first-order valence-electron chi connectivity index (χ1n) is 9.60. The number of nitrogens with one attached hydrogen (secondary N) is 2. The van der Waals surface area contributed by atoms with Crippen LogP contribution in [-0.2, 0) is 17.8 Å². The fourth-order valence-electron chi connectivity index (χ4n) is 3.02. The quantitative estimate of drug-likeness (QED) is 0.397. The Morgan fingerprint density at radius 1 is 0.939 bits per heavy atom. The largest absolute Gasteiger partial charge is 0.573 e. The van der Waals surface area contributed by atoms with Crippen LogP contribution in [-0.4, -0.2) is 23.5 Å². The minimum atomic E-state index is -4.85. The molecule has 3 N–H and O–H groups in total. The molecule has 3 rings (SSSR count). The number of amides is 2. The molecule has 10 heteroatoms. The van der Waals surface area contributed by atoms with Gasteiger partial charge in [-0.2, -0.15) is 0 Å². The van der Waals surface area contributed by atoms with Crippen molar-refractivity contribution in [2.45, 2.75) is 19.3 Å². The third-order valence-corrected chi connectivity index (χ3v) is 4.77. The second-order valence-corrected chi connectivity index (χ2v) is 7.34. The van der Waals surface area contributed by atoms with E-state index in [-0.39, 0.29) is 29.3 Å². The zero-order chi connectivity index (χ0) is 24.0. The standard InChI is InChI=1S/C23H18ClF3N2O4/c24-19-12-16(9-10-17(19)18-3-1-2-4-20(18)33-23(25,26)27)29-22(32)28-13-15-7-5-14(6-8-15)11-21(30)31/h1-10,12H,11,13H2,(H,30,31)(H2,28,29,32). The lowest BCUT2D eigenvalue weighted by Gasteiger charge is -2.15. The summed E-state index contributed by atoms with van der Waals surface area (Å²) in [6.45, 7) is 0.202. The van der Waals surface area contributed by atoms with Crippen molar-refractivity contribution in [2.75, 3.05) is 5.32 Å². The molecule has 0 radical (unpaired) electrons. The van der Waals surface area contributed by atoms with Crippen molar-refractivity contribution >= 4 is 29.3 Å². The highest BCUT2D eigenvalue weighted by molar-refractivity contribution is 6.33. The van der Waals surface area contributed by atoms with Crippen LogP contribution in [0.25, 0.3) is 11.1 Å². The van der Waals surface area contributed by atoms with E-state index in [4.69, 9.17) is 16.7 Å². The second-order valence-electron chi connectivity index (χ2n) is 6.93. The van der Waals surface area contributed by atoms with Crippen LogP contribution in [0.5, 0.6) is 5.75 Å². The minimum absolute atomic E-state index is 0.0856. The van der Waals surface area contributed by atoms with E-state index in [9.17, 15) is 22.8 Å². The Morgan fingerprint density at radius 3 is 2.24 bits per heavy atom. The van der Waals surface area contributed by atoms with Crippen molar-refractivity contribution in [3.8, 4) is 16.9 Å². The lowest BCUT2D eigenvalue weighted by Crippen LogP contribution is -2.28. The van der Waals surface area contributed by atoms with Gasteiger partial charge < -0.3 is 20.5 Å². The molecule has 0 heterocycles. The summed E-state index contributed by atoms with van der Waals surface area (Å²) in [5, 5.41) is 14.2. The first-order valence-corrected chi connectivity index (χ1v) is 9.97. The lowest BCUT2D eigenvalue weighted by atomic mass is 10.0. The lowest BCUT2D eigenvalue weighted by molar-refractivity contribution is -0.274. The molecule has 0 atom stereocenters. The molecule has 3 aromatic rings. The van der Waals surface area contributed by atoms with Crippen molar-refractivity contribution in [3.63, 3.8) is 0 Å². The van der Waals surface area contributed by atoms with Crippen molar-refractivity contribution < 1.29 is 32.6 Å². The minimum Gasteiger partial charge on any atom is -0.481 e. The molecule has 172 valence electrons. The monoisotopic (exact) mass is 478 g/mol. The topological polar surface area (TPSA) is 87.7 Å². The van der Waals surface area contributed by atoms with Gasteiger partial charge in [-0.15, -0.1) is 13.2 Å². The number of rotatable bonds is 7. The zero-order valence-corrected chi connectivity index (χ0v) is 17.7. The summed E-state index contributed by atoms with van der Waals surface area (Å²) < 4.78 is 42.1. The van der Waals surface area contributed by atoms with E-state index < -0.39 is 18.4 Å². The molecule has 33 heavy (non-hydrogen) atoms. The highest BCUT2D eigenvalue weighted by Gasteiger charge is 2.32. The maximum absolute atomic E-state index is 12.7. The van der Waals surface area contributed by atoms with E-state index in [1.165, 1.54) is 36.4 Å². The Labute approximate surface area is 192 Å². The number of halogens is 4. The van der Waals surface area contributed by atoms with E-state index in [1.54, 1.807) is 30.3 Å². The van der Waals surface area contributed by atoms with Gasteiger partial charge in [0.2, 0.25) is 0 Å². The predicted molar refractivity (Wildman–Crippen MR) is 117 cm³/mol. The smallest absolute Gasteiger partial charge is 0.481 e. The van der Waals surface area contributed by atoms with Crippen molar-refractivity contribution in [1.82, 2.24) is 5.32 Å². The molecule has 3 aromatic carbocycles. The van der Waals surface area contributed by atoms with E-state index in [2.05, 4.69) is 15.4 Å². The molecule has 0 bridgehead atoms. The molecule has 0 aliphatic heterocycles. The summed E-state index contributed by atoms with van der Waals surface area (Å²) in [6.07, 6.45) is -4.93. The number of para-hydroxylation sites is 1. The second kappa shape index (κ2) is 10.3. The number of carbonyl (C=O) groups is 2. The van der Waals surface area contributed by atoms with E-state index in [0.29, 0.717) is 16.8 Å². The number of alkyl halides is 3. The van der Waals surface area contributed by atoms with Gasteiger partial charge in [-0.1, -0.05) is 60.1 Å². The zero-order valence-electron chi connectivity index (χ0n) is 16.9. The number of aliphatic carboxylic acids is 1. The number of carboxylic acid groups (broad SMARTS) is 1. The summed E-state index contributed by atoms with van der Waals surface area (Å²) in [5.41, 5.74) is 2.22. The first-order chi connectivity index (χ1) is 15.6. The van der Waals surface area contributed by atoms with E-state index in [1.807, 2.05) is 0 Å². The number of ether oxygens (including phenoxy) is 1. The van der Waals surface area contributed by atoms with Crippen molar-refractivity contribution in [2.24, 2.45) is 0 Å².